The molecule has 0 saturated carbocycles. The largest absolute Gasteiger partial charge is 0.457 e. The molecule has 1 aliphatic rings. The van der Waals surface area contributed by atoms with Gasteiger partial charge in [-0.2, -0.15) is 0 Å². The van der Waals surface area contributed by atoms with Crippen LogP contribution < -0.4 is 19.3 Å². The lowest BCUT2D eigenvalue weighted by Crippen LogP contribution is -2.10. The maximum atomic E-state index is 6.87. The Labute approximate surface area is 364 Å². The number of nitrogens with zero attached hydrogens (tertiary/aromatic N) is 2. The molecule has 0 aliphatic carbocycles. The highest BCUT2D eigenvalue weighted by atomic mass is 16.5. The van der Waals surface area contributed by atoms with E-state index in [0.29, 0.717) is 5.75 Å². The quantitative estimate of drug-likeness (QED) is 0.145. The average molecular weight is 811 g/mol. The number of furan rings is 1. The number of hydrogen-bond donors (Lipinski definition) is 0. The molecular formula is C58H38N2O3. The van der Waals surface area contributed by atoms with Crippen LogP contribution in [0.1, 0.15) is 0 Å². The third-order valence-corrected chi connectivity index (χ3v) is 11.9. The Bertz CT molecular complexity index is 3420. The molecule has 0 amide bonds. The minimum Gasteiger partial charge on any atom is -0.457 e. The van der Waals surface area contributed by atoms with Crippen LogP contribution in [0.25, 0.3) is 55.0 Å². The first-order chi connectivity index (χ1) is 31.2. The zero-order chi connectivity index (χ0) is 41.7. The highest BCUT2D eigenvalue weighted by Crippen LogP contribution is 2.51. The standard InChI is InChI=1S/C58H38N2O3/c1-4-15-39(16-5-1)40-29-31-43(32-30-40)60(52-26-13-24-50-47-23-10-11-27-53(47)63-58(50)52)44-21-12-22-46(37-44)61-54-36-35-49-48-34-33-45(38-56(48)62-55-28-14-25-51(54)57(49)55)59(41-17-6-2-7-18-41)42-19-8-3-9-20-42/h1-38H. The van der Waals surface area contributed by atoms with E-state index < -0.39 is 0 Å². The zero-order valence-electron chi connectivity index (χ0n) is 34.1. The van der Waals surface area contributed by atoms with Gasteiger partial charge in [-0.05, 0) is 108 Å². The molecule has 0 radical (unpaired) electrons. The second kappa shape index (κ2) is 15.2. The lowest BCUT2D eigenvalue weighted by Gasteiger charge is -2.28. The highest BCUT2D eigenvalue weighted by Gasteiger charge is 2.25. The predicted octanol–water partition coefficient (Wildman–Crippen LogP) is 16.9. The first kappa shape index (κ1) is 36.3. The van der Waals surface area contributed by atoms with Crippen molar-refractivity contribution in [2.45, 2.75) is 0 Å². The SMILES string of the molecule is c1ccc(-c2ccc(N(c3cccc(Oc4ccc5c6c(cccc46)Oc4cc(N(c6ccccc6)c6ccccc6)ccc4-5)c3)c3cccc4c3oc3ccccc34)cc2)cc1. The fourth-order valence-electron chi connectivity index (χ4n) is 9.00. The molecule has 5 heteroatoms. The van der Waals surface area contributed by atoms with Gasteiger partial charge in [0.1, 0.15) is 28.6 Å². The van der Waals surface area contributed by atoms with Crippen molar-refractivity contribution in [3.05, 3.63) is 231 Å². The zero-order valence-corrected chi connectivity index (χ0v) is 34.1. The van der Waals surface area contributed by atoms with E-state index in [-0.39, 0.29) is 0 Å². The molecule has 5 nitrogen and oxygen atoms in total. The molecule has 10 aromatic carbocycles. The van der Waals surface area contributed by atoms with Gasteiger partial charge in [-0.3, -0.25) is 0 Å². The third-order valence-electron chi connectivity index (χ3n) is 11.9. The normalized spacial score (nSPS) is 11.6. The van der Waals surface area contributed by atoms with Crippen molar-refractivity contribution in [2.24, 2.45) is 0 Å². The summed E-state index contributed by atoms with van der Waals surface area (Å²) in [6.07, 6.45) is 0. The van der Waals surface area contributed by atoms with E-state index in [9.17, 15) is 0 Å². The molecule has 0 N–H and O–H groups in total. The molecule has 0 saturated heterocycles. The average Bonchev–Trinajstić information content (AvgIpc) is 3.73. The summed E-state index contributed by atoms with van der Waals surface area (Å²) in [5.74, 6) is 3.05. The van der Waals surface area contributed by atoms with Gasteiger partial charge < -0.3 is 23.7 Å². The summed E-state index contributed by atoms with van der Waals surface area (Å²) in [6.45, 7) is 0. The molecule has 1 aliphatic heterocycles. The van der Waals surface area contributed by atoms with Crippen LogP contribution >= 0.6 is 0 Å². The second-order valence-electron chi connectivity index (χ2n) is 15.7. The van der Waals surface area contributed by atoms with E-state index in [1.54, 1.807) is 0 Å². The van der Waals surface area contributed by atoms with Crippen molar-refractivity contribution in [3.63, 3.8) is 0 Å². The van der Waals surface area contributed by atoms with Crippen LogP contribution in [0.3, 0.4) is 0 Å². The Morgan fingerprint density at radius 2 is 0.952 bits per heavy atom. The topological polar surface area (TPSA) is 38.1 Å². The van der Waals surface area contributed by atoms with E-state index in [0.717, 1.165) is 101 Å². The van der Waals surface area contributed by atoms with Crippen LogP contribution in [0, 0.1) is 0 Å². The fraction of sp³-hybridized carbons (Fsp3) is 0. The molecule has 11 aromatic rings. The van der Waals surface area contributed by atoms with Crippen molar-refractivity contribution >= 4 is 66.8 Å². The molecule has 2 heterocycles. The minimum absolute atomic E-state index is 0.708. The minimum atomic E-state index is 0.708. The van der Waals surface area contributed by atoms with Gasteiger partial charge in [-0.15, -0.1) is 0 Å². The number of para-hydroxylation sites is 4. The van der Waals surface area contributed by atoms with Crippen molar-refractivity contribution in [1.29, 1.82) is 0 Å². The number of ether oxygens (including phenoxy) is 2. The van der Waals surface area contributed by atoms with Gasteiger partial charge in [-0.1, -0.05) is 127 Å². The molecule has 298 valence electrons. The van der Waals surface area contributed by atoms with Crippen LogP contribution in [0.2, 0.25) is 0 Å². The van der Waals surface area contributed by atoms with Crippen molar-refractivity contribution in [3.8, 4) is 45.3 Å². The summed E-state index contributed by atoms with van der Waals surface area (Å²) in [7, 11) is 0. The number of hydrogen-bond acceptors (Lipinski definition) is 5. The van der Waals surface area contributed by atoms with Crippen LogP contribution in [0.5, 0.6) is 23.0 Å². The van der Waals surface area contributed by atoms with Crippen LogP contribution in [0.15, 0.2) is 235 Å². The monoisotopic (exact) mass is 810 g/mol. The van der Waals surface area contributed by atoms with Gasteiger partial charge in [0.05, 0.1) is 5.69 Å². The molecule has 0 bridgehead atoms. The molecule has 12 rings (SSSR count). The molecule has 0 atom stereocenters. The van der Waals surface area contributed by atoms with Gasteiger partial charge in [-0.25, -0.2) is 0 Å². The number of rotatable bonds is 9. The molecule has 1 aromatic heterocycles. The highest BCUT2D eigenvalue weighted by molar-refractivity contribution is 6.10. The summed E-state index contributed by atoms with van der Waals surface area (Å²) in [4.78, 5) is 4.50. The Hall–Kier alpha value is -8.54. The van der Waals surface area contributed by atoms with Crippen molar-refractivity contribution < 1.29 is 13.9 Å². The molecule has 0 unspecified atom stereocenters. The van der Waals surface area contributed by atoms with Crippen LogP contribution in [0.4, 0.5) is 34.1 Å². The summed E-state index contributed by atoms with van der Waals surface area (Å²) in [6, 6.07) is 79.7. The van der Waals surface area contributed by atoms with E-state index in [1.165, 1.54) is 5.56 Å². The number of fused-ring (bicyclic) bond motifs is 5. The summed E-state index contributed by atoms with van der Waals surface area (Å²) in [5, 5.41) is 4.14. The van der Waals surface area contributed by atoms with Crippen LogP contribution in [-0.4, -0.2) is 0 Å². The first-order valence-electron chi connectivity index (χ1n) is 21.2. The van der Waals surface area contributed by atoms with E-state index in [1.807, 2.05) is 54.6 Å². The smallest absolute Gasteiger partial charge is 0.159 e. The Balaban J connectivity index is 0.923. The van der Waals surface area contributed by atoms with Gasteiger partial charge in [0.25, 0.3) is 0 Å². The predicted molar refractivity (Wildman–Crippen MR) is 258 cm³/mol. The van der Waals surface area contributed by atoms with Gasteiger partial charge >= 0.3 is 0 Å². The van der Waals surface area contributed by atoms with Gasteiger partial charge in [0.2, 0.25) is 0 Å². The molecular weight excluding hydrogens is 773 g/mol. The third kappa shape index (κ3) is 6.42. The van der Waals surface area contributed by atoms with E-state index in [4.69, 9.17) is 13.9 Å². The lowest BCUT2D eigenvalue weighted by atomic mass is 9.94. The fourth-order valence-corrected chi connectivity index (χ4v) is 9.00. The maximum Gasteiger partial charge on any atom is 0.159 e. The van der Waals surface area contributed by atoms with Crippen molar-refractivity contribution in [1.82, 2.24) is 0 Å². The number of benzene rings is 10. The van der Waals surface area contributed by atoms with E-state index in [2.05, 4.69) is 186 Å². The maximum absolute atomic E-state index is 6.87. The lowest BCUT2D eigenvalue weighted by molar-refractivity contribution is 0.481. The Kier molecular flexibility index (Phi) is 8.75. The van der Waals surface area contributed by atoms with Crippen molar-refractivity contribution in [2.75, 3.05) is 9.80 Å². The summed E-state index contributed by atoms with van der Waals surface area (Å²) < 4.78 is 20.2. The molecule has 63 heavy (non-hydrogen) atoms. The molecule has 0 spiro atoms. The van der Waals surface area contributed by atoms with E-state index >= 15 is 0 Å². The summed E-state index contributed by atoms with van der Waals surface area (Å²) in [5.41, 5.74) is 12.1. The number of anilines is 6. The Morgan fingerprint density at radius 3 is 1.75 bits per heavy atom. The summed E-state index contributed by atoms with van der Waals surface area (Å²) >= 11 is 0. The van der Waals surface area contributed by atoms with Gasteiger partial charge in [0.15, 0.2) is 5.58 Å². The first-order valence-corrected chi connectivity index (χ1v) is 21.2. The molecule has 0 fully saturated rings. The second-order valence-corrected chi connectivity index (χ2v) is 15.7. The van der Waals surface area contributed by atoms with Crippen LogP contribution in [-0.2, 0) is 0 Å². The Morgan fingerprint density at radius 1 is 0.365 bits per heavy atom. The van der Waals surface area contributed by atoms with Gasteiger partial charge in [0, 0.05) is 67.7 Å².